The van der Waals surface area contributed by atoms with E-state index in [1.165, 1.54) is 29.2 Å². The molecule has 5 rings (SSSR count). The van der Waals surface area contributed by atoms with E-state index in [1.54, 1.807) is 43.3 Å². The van der Waals surface area contributed by atoms with E-state index in [2.05, 4.69) is 5.32 Å². The van der Waals surface area contributed by atoms with Crippen molar-refractivity contribution in [2.75, 3.05) is 10.8 Å². The van der Waals surface area contributed by atoms with Crippen LogP contribution in [0.1, 0.15) is 47.9 Å². The molecular weight excluding hydrogens is 601 g/mol. The average Bonchev–Trinajstić information content (AvgIpc) is 3.57. The molecular formula is C37H40FN3O4S. The van der Waals surface area contributed by atoms with Crippen molar-refractivity contribution in [3.05, 3.63) is 131 Å². The van der Waals surface area contributed by atoms with Crippen LogP contribution in [0, 0.1) is 19.7 Å². The summed E-state index contributed by atoms with van der Waals surface area (Å²) < 4.78 is 43.4. The van der Waals surface area contributed by atoms with Gasteiger partial charge in [0, 0.05) is 19.0 Å². The Bertz CT molecular complexity index is 1740. The summed E-state index contributed by atoms with van der Waals surface area (Å²) in [5.74, 6) is -1.26. The molecule has 0 spiro atoms. The van der Waals surface area contributed by atoms with Crippen LogP contribution in [0.4, 0.5) is 10.1 Å². The number of amides is 2. The van der Waals surface area contributed by atoms with Crippen LogP contribution in [0.25, 0.3) is 0 Å². The van der Waals surface area contributed by atoms with Gasteiger partial charge in [-0.2, -0.15) is 0 Å². The minimum atomic E-state index is -4.19. The van der Waals surface area contributed by atoms with Crippen molar-refractivity contribution in [3.63, 3.8) is 0 Å². The van der Waals surface area contributed by atoms with Crippen LogP contribution in [0.15, 0.2) is 108 Å². The molecule has 0 radical (unpaired) electrons. The lowest BCUT2D eigenvalue weighted by atomic mass is 10.0. The maximum absolute atomic E-state index is 14.6. The molecule has 240 valence electrons. The number of anilines is 1. The zero-order chi connectivity index (χ0) is 32.7. The maximum atomic E-state index is 14.6. The largest absolute Gasteiger partial charge is 0.352 e. The van der Waals surface area contributed by atoms with Crippen molar-refractivity contribution in [1.29, 1.82) is 0 Å². The molecule has 7 nitrogen and oxygen atoms in total. The first-order valence-electron chi connectivity index (χ1n) is 15.6. The van der Waals surface area contributed by atoms with Gasteiger partial charge in [0.15, 0.2) is 0 Å². The number of nitrogens with zero attached hydrogens (tertiary/aromatic N) is 2. The summed E-state index contributed by atoms with van der Waals surface area (Å²) in [6, 6.07) is 27.8. The summed E-state index contributed by atoms with van der Waals surface area (Å²) in [5.41, 5.74) is 3.37. The fraction of sp³-hybridized carbons (Fsp3) is 0.297. The van der Waals surface area contributed by atoms with Crippen LogP contribution in [-0.4, -0.2) is 43.8 Å². The van der Waals surface area contributed by atoms with Crippen molar-refractivity contribution >= 4 is 27.5 Å². The predicted molar refractivity (Wildman–Crippen MR) is 178 cm³/mol. The molecule has 1 aliphatic carbocycles. The van der Waals surface area contributed by atoms with Crippen molar-refractivity contribution in [2.24, 2.45) is 0 Å². The Morgan fingerprint density at radius 3 is 2.13 bits per heavy atom. The Morgan fingerprint density at radius 1 is 0.848 bits per heavy atom. The Kier molecular flexibility index (Phi) is 10.5. The molecule has 1 saturated carbocycles. The van der Waals surface area contributed by atoms with Crippen molar-refractivity contribution in [3.8, 4) is 0 Å². The molecule has 0 aromatic heterocycles. The number of rotatable bonds is 12. The van der Waals surface area contributed by atoms with Gasteiger partial charge in [0.05, 0.1) is 10.6 Å². The molecule has 4 aromatic carbocycles. The Labute approximate surface area is 271 Å². The molecule has 1 atom stereocenters. The van der Waals surface area contributed by atoms with Crippen LogP contribution in [0.5, 0.6) is 0 Å². The zero-order valence-electron chi connectivity index (χ0n) is 26.2. The van der Waals surface area contributed by atoms with Crippen LogP contribution < -0.4 is 9.62 Å². The fourth-order valence-corrected chi connectivity index (χ4v) is 7.42. The average molecular weight is 642 g/mol. The molecule has 1 N–H and O–H groups in total. The van der Waals surface area contributed by atoms with Crippen LogP contribution in [-0.2, 0) is 32.6 Å². The third-order valence-electron chi connectivity index (χ3n) is 8.48. The third kappa shape index (κ3) is 8.01. The van der Waals surface area contributed by atoms with Crippen molar-refractivity contribution < 1.29 is 22.4 Å². The second-order valence-corrected chi connectivity index (χ2v) is 13.8. The maximum Gasteiger partial charge on any atom is 0.264 e. The number of carbonyl (C=O) groups is 2. The van der Waals surface area contributed by atoms with Gasteiger partial charge in [-0.25, -0.2) is 12.8 Å². The molecule has 4 aromatic rings. The summed E-state index contributed by atoms with van der Waals surface area (Å²) in [7, 11) is -4.19. The summed E-state index contributed by atoms with van der Waals surface area (Å²) in [6.45, 7) is 3.11. The zero-order valence-corrected chi connectivity index (χ0v) is 27.0. The molecule has 9 heteroatoms. The van der Waals surface area contributed by atoms with Crippen LogP contribution in [0.3, 0.4) is 0 Å². The van der Waals surface area contributed by atoms with Gasteiger partial charge in [-0.05, 0) is 79.3 Å². The second-order valence-electron chi connectivity index (χ2n) is 12.0. The first kappa shape index (κ1) is 32.9. The van der Waals surface area contributed by atoms with Gasteiger partial charge < -0.3 is 10.2 Å². The number of aryl methyl sites for hydroxylation is 2. The van der Waals surface area contributed by atoms with Gasteiger partial charge in [-0.15, -0.1) is 0 Å². The number of halogens is 1. The number of carbonyl (C=O) groups excluding carboxylic acids is 2. The minimum Gasteiger partial charge on any atom is -0.352 e. The highest BCUT2D eigenvalue weighted by atomic mass is 32.2. The lowest BCUT2D eigenvalue weighted by Gasteiger charge is -2.34. The Balaban J connectivity index is 1.58. The van der Waals surface area contributed by atoms with Gasteiger partial charge in [0.1, 0.15) is 18.4 Å². The third-order valence-corrected chi connectivity index (χ3v) is 10.3. The van der Waals surface area contributed by atoms with Crippen molar-refractivity contribution in [2.45, 2.75) is 69.5 Å². The van der Waals surface area contributed by atoms with E-state index < -0.39 is 34.3 Å². The van der Waals surface area contributed by atoms with Gasteiger partial charge in [0.25, 0.3) is 10.0 Å². The molecule has 1 fully saturated rings. The monoisotopic (exact) mass is 641 g/mol. The molecule has 0 bridgehead atoms. The SMILES string of the molecule is Cc1ccc(C)c(N(CC(=O)N(Cc2ccc(F)cc2)[C@@H](Cc2ccccc2)C(=O)NC2CCCC2)S(=O)(=O)c2ccccc2)c1. The van der Waals surface area contributed by atoms with Gasteiger partial charge >= 0.3 is 0 Å². The quantitative estimate of drug-likeness (QED) is 0.196. The lowest BCUT2D eigenvalue weighted by molar-refractivity contribution is -0.140. The highest BCUT2D eigenvalue weighted by molar-refractivity contribution is 7.92. The molecule has 0 aliphatic heterocycles. The smallest absolute Gasteiger partial charge is 0.264 e. The second kappa shape index (κ2) is 14.7. The van der Waals surface area contributed by atoms with Crippen LogP contribution in [0.2, 0.25) is 0 Å². The van der Waals surface area contributed by atoms with E-state index in [-0.39, 0.29) is 29.8 Å². The number of nitrogens with one attached hydrogen (secondary N) is 1. The number of sulfonamides is 1. The highest BCUT2D eigenvalue weighted by Crippen LogP contribution is 2.29. The standard InChI is InChI=1S/C37H40FN3O4S/c1-27-17-18-28(2)34(23-27)41(46(44,45)33-15-7-4-8-16-33)26-36(42)40(25-30-19-21-31(38)22-20-30)35(24-29-11-5-3-6-12-29)37(43)39-32-13-9-10-14-32/h3-8,11-12,15-23,32,35H,9-10,13-14,24-26H2,1-2H3,(H,39,43)/t35-/m0/s1. The summed E-state index contributed by atoms with van der Waals surface area (Å²) in [5, 5.41) is 3.16. The minimum absolute atomic E-state index is 0.0125. The molecule has 0 unspecified atom stereocenters. The van der Waals surface area contributed by atoms with Crippen LogP contribution >= 0.6 is 0 Å². The molecule has 1 aliphatic rings. The van der Waals surface area contributed by atoms with E-state index in [0.29, 0.717) is 16.8 Å². The molecule has 46 heavy (non-hydrogen) atoms. The van der Waals surface area contributed by atoms with Gasteiger partial charge in [0.2, 0.25) is 11.8 Å². The van der Waals surface area contributed by atoms with E-state index in [0.717, 1.165) is 41.1 Å². The van der Waals surface area contributed by atoms with Gasteiger partial charge in [-0.3, -0.25) is 13.9 Å². The first-order chi connectivity index (χ1) is 22.1. The predicted octanol–water partition coefficient (Wildman–Crippen LogP) is 6.34. The summed E-state index contributed by atoms with van der Waals surface area (Å²) in [6.07, 6.45) is 4.00. The fourth-order valence-electron chi connectivity index (χ4n) is 5.93. The van der Waals surface area contributed by atoms with E-state index in [1.807, 2.05) is 49.4 Å². The number of hydrogen-bond acceptors (Lipinski definition) is 4. The first-order valence-corrected chi connectivity index (χ1v) is 17.1. The topological polar surface area (TPSA) is 86.8 Å². The molecule has 2 amide bonds. The van der Waals surface area contributed by atoms with E-state index in [4.69, 9.17) is 0 Å². The van der Waals surface area contributed by atoms with Crippen molar-refractivity contribution in [1.82, 2.24) is 10.2 Å². The number of hydrogen-bond donors (Lipinski definition) is 1. The van der Waals surface area contributed by atoms with E-state index >= 15 is 0 Å². The summed E-state index contributed by atoms with van der Waals surface area (Å²) >= 11 is 0. The van der Waals surface area contributed by atoms with Gasteiger partial charge in [-0.1, -0.05) is 85.6 Å². The highest BCUT2D eigenvalue weighted by Gasteiger charge is 2.36. The number of benzene rings is 4. The van der Waals surface area contributed by atoms with E-state index in [9.17, 15) is 22.4 Å². The Hall–Kier alpha value is -4.50. The Morgan fingerprint density at radius 2 is 1.48 bits per heavy atom. The normalized spacial score (nSPS) is 14.1. The summed E-state index contributed by atoms with van der Waals surface area (Å²) in [4.78, 5) is 30.2. The molecule has 0 heterocycles. The molecule has 0 saturated heterocycles. The lowest BCUT2D eigenvalue weighted by Crippen LogP contribution is -2.54.